The molecule has 0 saturated heterocycles. The summed E-state index contributed by atoms with van der Waals surface area (Å²) in [7, 11) is 0. The van der Waals surface area contributed by atoms with Crippen molar-refractivity contribution in [3.63, 3.8) is 0 Å². The van der Waals surface area contributed by atoms with Crippen LogP contribution in [0.4, 0.5) is 0 Å². The number of hydrogen-bond acceptors (Lipinski definition) is 5. The predicted octanol–water partition coefficient (Wildman–Crippen LogP) is -2.23. The summed E-state index contributed by atoms with van der Waals surface area (Å²) >= 11 is 0. The molecule has 0 aliphatic rings. The maximum atomic E-state index is 10.1. The van der Waals surface area contributed by atoms with Crippen molar-refractivity contribution in [2.45, 2.75) is 12.0 Å². The van der Waals surface area contributed by atoms with Gasteiger partial charge in [-0.25, -0.2) is 0 Å². The Bertz CT molecular complexity index is 149. The lowest BCUT2D eigenvalue weighted by Crippen LogP contribution is -2.55. The lowest BCUT2D eigenvalue weighted by molar-refractivity contribution is -0.137. The molecule has 5 N–H and O–H groups in total. The zero-order valence-electron chi connectivity index (χ0n) is 7.23. The molecular formula is C7H15NO5. The van der Waals surface area contributed by atoms with Crippen molar-refractivity contribution >= 4 is 5.97 Å². The predicted molar refractivity (Wildman–Crippen MR) is 44.2 cm³/mol. The minimum absolute atomic E-state index is 0.0943. The molecule has 0 saturated carbocycles. The van der Waals surface area contributed by atoms with Crippen molar-refractivity contribution in [2.24, 2.45) is 0 Å². The summed E-state index contributed by atoms with van der Waals surface area (Å²) < 4.78 is 0. The molecule has 6 nitrogen and oxygen atoms in total. The van der Waals surface area contributed by atoms with E-state index in [9.17, 15) is 4.79 Å². The maximum absolute atomic E-state index is 10.1. The minimum atomic E-state index is -1.19. The highest BCUT2D eigenvalue weighted by molar-refractivity contribution is 5.66. The summed E-state index contributed by atoms with van der Waals surface area (Å²) in [6.45, 7) is -1.24. The number of carboxylic acid groups (broad SMARTS) is 1. The largest absolute Gasteiger partial charge is 0.481 e. The van der Waals surface area contributed by atoms with Crippen LogP contribution in [0.3, 0.4) is 0 Å². The molecule has 0 amide bonds. The van der Waals surface area contributed by atoms with Crippen LogP contribution in [0.2, 0.25) is 0 Å². The van der Waals surface area contributed by atoms with E-state index in [2.05, 4.69) is 5.32 Å². The Morgan fingerprint density at radius 2 is 1.62 bits per heavy atom. The Labute approximate surface area is 75.8 Å². The van der Waals surface area contributed by atoms with E-state index in [1.54, 1.807) is 0 Å². The van der Waals surface area contributed by atoms with Crippen LogP contribution in [0, 0.1) is 0 Å². The van der Waals surface area contributed by atoms with Crippen LogP contribution >= 0.6 is 0 Å². The van der Waals surface area contributed by atoms with Crippen molar-refractivity contribution in [1.82, 2.24) is 5.32 Å². The molecule has 0 radical (unpaired) electrons. The minimum Gasteiger partial charge on any atom is -0.481 e. The van der Waals surface area contributed by atoms with E-state index in [-0.39, 0.29) is 13.0 Å². The quantitative estimate of drug-likeness (QED) is 0.313. The first-order chi connectivity index (χ1) is 6.10. The Hall–Kier alpha value is -0.690. The number of aliphatic hydroxyl groups is 3. The molecule has 0 heterocycles. The lowest BCUT2D eigenvalue weighted by atomic mass is 10.0. The third-order valence-electron chi connectivity index (χ3n) is 1.75. The van der Waals surface area contributed by atoms with Gasteiger partial charge in [-0.2, -0.15) is 0 Å². The molecular weight excluding hydrogens is 178 g/mol. The highest BCUT2D eigenvalue weighted by Crippen LogP contribution is 2.00. The van der Waals surface area contributed by atoms with Crippen LogP contribution in [0.5, 0.6) is 0 Å². The van der Waals surface area contributed by atoms with Gasteiger partial charge in [-0.3, -0.25) is 4.79 Å². The first-order valence-corrected chi connectivity index (χ1v) is 3.89. The second-order valence-corrected chi connectivity index (χ2v) is 2.83. The zero-order valence-corrected chi connectivity index (χ0v) is 7.23. The first kappa shape index (κ1) is 12.3. The molecule has 0 rings (SSSR count). The Morgan fingerprint density at radius 3 is 1.92 bits per heavy atom. The van der Waals surface area contributed by atoms with Gasteiger partial charge in [0.25, 0.3) is 0 Å². The van der Waals surface area contributed by atoms with Crippen LogP contribution in [0.1, 0.15) is 6.42 Å². The standard InChI is InChI=1S/C7H15NO5/c9-3-7(4-10,5-11)8-2-1-6(12)13/h8-11H,1-5H2,(H,12,13). The van der Waals surface area contributed by atoms with Gasteiger partial charge in [-0.05, 0) is 0 Å². The van der Waals surface area contributed by atoms with E-state index in [0.717, 1.165) is 0 Å². The molecule has 0 aromatic rings. The van der Waals surface area contributed by atoms with E-state index in [1.807, 2.05) is 0 Å². The fourth-order valence-electron chi connectivity index (χ4n) is 0.752. The van der Waals surface area contributed by atoms with Crippen LogP contribution in [0.15, 0.2) is 0 Å². The summed E-state index contributed by atoms with van der Waals surface area (Å²) in [4.78, 5) is 10.1. The molecule has 0 aromatic carbocycles. The average Bonchev–Trinajstić information content (AvgIpc) is 2.13. The highest BCUT2D eigenvalue weighted by atomic mass is 16.4. The number of carbonyl (C=O) groups is 1. The fraction of sp³-hybridized carbons (Fsp3) is 0.857. The van der Waals surface area contributed by atoms with Crippen LogP contribution in [-0.2, 0) is 4.79 Å². The van der Waals surface area contributed by atoms with Crippen LogP contribution in [0.25, 0.3) is 0 Å². The number of hydrogen-bond donors (Lipinski definition) is 5. The van der Waals surface area contributed by atoms with E-state index in [0.29, 0.717) is 0 Å². The van der Waals surface area contributed by atoms with Crippen molar-refractivity contribution in [1.29, 1.82) is 0 Å². The number of nitrogens with one attached hydrogen (secondary N) is 1. The van der Waals surface area contributed by atoms with E-state index < -0.39 is 31.3 Å². The van der Waals surface area contributed by atoms with Gasteiger partial charge in [0.05, 0.1) is 31.8 Å². The Balaban J connectivity index is 3.88. The third kappa shape index (κ3) is 4.18. The molecule has 0 aliphatic heterocycles. The van der Waals surface area contributed by atoms with Crippen molar-refractivity contribution < 1.29 is 25.2 Å². The average molecular weight is 193 g/mol. The number of aliphatic hydroxyl groups excluding tert-OH is 3. The van der Waals surface area contributed by atoms with Crippen molar-refractivity contribution in [3.8, 4) is 0 Å². The molecule has 0 atom stereocenters. The van der Waals surface area contributed by atoms with Gasteiger partial charge in [-0.15, -0.1) is 0 Å². The summed E-state index contributed by atoms with van der Waals surface area (Å²) in [6.07, 6.45) is -0.123. The zero-order chi connectivity index (χ0) is 10.3. The lowest BCUT2D eigenvalue weighted by Gasteiger charge is -2.28. The molecule has 0 fully saturated rings. The van der Waals surface area contributed by atoms with Crippen LogP contribution < -0.4 is 5.32 Å². The van der Waals surface area contributed by atoms with Crippen LogP contribution in [-0.4, -0.2) is 58.3 Å². The van der Waals surface area contributed by atoms with E-state index >= 15 is 0 Å². The van der Waals surface area contributed by atoms with Gasteiger partial charge in [0, 0.05) is 6.54 Å². The van der Waals surface area contributed by atoms with Crippen molar-refractivity contribution in [2.75, 3.05) is 26.4 Å². The molecule has 6 heteroatoms. The highest BCUT2D eigenvalue weighted by Gasteiger charge is 2.26. The fourth-order valence-corrected chi connectivity index (χ4v) is 0.752. The summed E-state index contributed by atoms with van der Waals surface area (Å²) in [5.41, 5.74) is -1.19. The number of rotatable bonds is 7. The number of carboxylic acids is 1. The number of aliphatic carboxylic acids is 1. The van der Waals surface area contributed by atoms with Gasteiger partial charge in [-0.1, -0.05) is 0 Å². The third-order valence-corrected chi connectivity index (χ3v) is 1.75. The van der Waals surface area contributed by atoms with Gasteiger partial charge in [0.1, 0.15) is 0 Å². The summed E-state index contributed by atoms with van der Waals surface area (Å²) in [6, 6.07) is 0. The summed E-state index contributed by atoms with van der Waals surface area (Å²) in [5.74, 6) is -0.977. The first-order valence-electron chi connectivity index (χ1n) is 3.89. The SMILES string of the molecule is O=C(O)CCNC(CO)(CO)CO. The second kappa shape index (κ2) is 5.87. The van der Waals surface area contributed by atoms with Gasteiger partial charge in [0.2, 0.25) is 0 Å². The van der Waals surface area contributed by atoms with Gasteiger partial charge < -0.3 is 25.7 Å². The Morgan fingerprint density at radius 1 is 1.15 bits per heavy atom. The van der Waals surface area contributed by atoms with Crippen molar-refractivity contribution in [3.05, 3.63) is 0 Å². The molecule has 0 aliphatic carbocycles. The molecule has 0 unspecified atom stereocenters. The normalized spacial score (nSPS) is 11.6. The molecule has 0 spiro atoms. The molecule has 13 heavy (non-hydrogen) atoms. The van der Waals surface area contributed by atoms with Gasteiger partial charge >= 0.3 is 5.97 Å². The Kier molecular flexibility index (Phi) is 5.56. The van der Waals surface area contributed by atoms with Gasteiger partial charge in [0.15, 0.2) is 0 Å². The van der Waals surface area contributed by atoms with E-state index in [4.69, 9.17) is 20.4 Å². The molecule has 78 valence electrons. The monoisotopic (exact) mass is 193 g/mol. The molecule has 0 bridgehead atoms. The molecule has 0 aromatic heterocycles. The maximum Gasteiger partial charge on any atom is 0.304 e. The summed E-state index contributed by atoms with van der Waals surface area (Å²) in [5, 5.41) is 37.3. The van der Waals surface area contributed by atoms with E-state index in [1.165, 1.54) is 0 Å². The second-order valence-electron chi connectivity index (χ2n) is 2.83. The topological polar surface area (TPSA) is 110 Å². The smallest absolute Gasteiger partial charge is 0.304 e.